The summed E-state index contributed by atoms with van der Waals surface area (Å²) in [5, 5.41) is 0.726. The van der Waals surface area contributed by atoms with Crippen LogP contribution >= 0.6 is 27.5 Å². The summed E-state index contributed by atoms with van der Waals surface area (Å²) in [6.45, 7) is 0. The normalized spacial score (nSPS) is 21.1. The maximum atomic E-state index is 6.18. The standard InChI is InChI=1S/C15H20BrClN2/c16-13-9-8-12(10-14(13)17)15(19-18)11-6-4-2-1-3-5-7-11/h6,8-10,15,19H,1-5,7,18H2/b11-6+. The van der Waals surface area contributed by atoms with Gasteiger partial charge in [0, 0.05) is 4.47 Å². The fourth-order valence-electron chi connectivity index (χ4n) is 2.59. The summed E-state index contributed by atoms with van der Waals surface area (Å²) in [7, 11) is 0. The molecule has 0 heterocycles. The summed E-state index contributed by atoms with van der Waals surface area (Å²) in [6.07, 6.45) is 9.79. The molecular weight excluding hydrogens is 324 g/mol. The van der Waals surface area contributed by atoms with Crippen molar-refractivity contribution in [1.29, 1.82) is 0 Å². The average molecular weight is 344 g/mol. The van der Waals surface area contributed by atoms with Gasteiger partial charge in [0.1, 0.15) is 0 Å². The minimum atomic E-state index is 0.0729. The third-order valence-corrected chi connectivity index (χ3v) is 4.87. The Hall–Kier alpha value is -0.350. The monoisotopic (exact) mass is 342 g/mol. The predicted molar refractivity (Wildman–Crippen MR) is 85.0 cm³/mol. The van der Waals surface area contributed by atoms with Crippen LogP contribution in [0.4, 0.5) is 0 Å². The van der Waals surface area contributed by atoms with Crippen LogP contribution in [0.1, 0.15) is 50.1 Å². The van der Waals surface area contributed by atoms with Crippen LogP contribution in [-0.4, -0.2) is 0 Å². The van der Waals surface area contributed by atoms with Gasteiger partial charge in [-0.05, 0) is 59.3 Å². The fourth-order valence-corrected chi connectivity index (χ4v) is 3.02. The molecule has 0 amide bonds. The molecule has 2 nitrogen and oxygen atoms in total. The second-order valence-electron chi connectivity index (χ2n) is 5.01. The van der Waals surface area contributed by atoms with Crippen LogP contribution < -0.4 is 11.3 Å². The molecule has 1 aliphatic carbocycles. The Morgan fingerprint density at radius 2 is 2.00 bits per heavy atom. The van der Waals surface area contributed by atoms with Crippen molar-refractivity contribution >= 4 is 27.5 Å². The van der Waals surface area contributed by atoms with Crippen LogP contribution in [0.2, 0.25) is 5.02 Å². The molecule has 0 saturated heterocycles. The van der Waals surface area contributed by atoms with Crippen molar-refractivity contribution < 1.29 is 0 Å². The van der Waals surface area contributed by atoms with E-state index < -0.39 is 0 Å². The van der Waals surface area contributed by atoms with Gasteiger partial charge in [0.2, 0.25) is 0 Å². The van der Waals surface area contributed by atoms with Gasteiger partial charge >= 0.3 is 0 Å². The van der Waals surface area contributed by atoms with E-state index in [1.54, 1.807) is 0 Å². The first-order chi connectivity index (χ1) is 9.22. The average Bonchev–Trinajstić information content (AvgIpc) is 2.36. The number of halogens is 2. The highest BCUT2D eigenvalue weighted by Crippen LogP contribution is 2.31. The van der Waals surface area contributed by atoms with E-state index in [0.29, 0.717) is 0 Å². The Kier molecular flexibility index (Phi) is 5.89. The van der Waals surface area contributed by atoms with Gasteiger partial charge in [0.15, 0.2) is 0 Å². The van der Waals surface area contributed by atoms with Crippen molar-refractivity contribution in [1.82, 2.24) is 5.43 Å². The molecule has 0 aromatic heterocycles. The number of rotatable bonds is 3. The van der Waals surface area contributed by atoms with Gasteiger partial charge in [-0.15, -0.1) is 0 Å². The van der Waals surface area contributed by atoms with Gasteiger partial charge in [-0.25, -0.2) is 5.43 Å². The minimum absolute atomic E-state index is 0.0729. The molecule has 0 fully saturated rings. The molecule has 1 aromatic rings. The first-order valence-electron chi connectivity index (χ1n) is 6.82. The van der Waals surface area contributed by atoms with Crippen molar-refractivity contribution in [2.24, 2.45) is 5.84 Å². The number of hydrogen-bond donors (Lipinski definition) is 2. The molecule has 1 unspecified atom stereocenters. The third-order valence-electron chi connectivity index (χ3n) is 3.64. The zero-order valence-electron chi connectivity index (χ0n) is 11.0. The van der Waals surface area contributed by atoms with Crippen molar-refractivity contribution in [2.45, 2.75) is 44.6 Å². The van der Waals surface area contributed by atoms with E-state index in [-0.39, 0.29) is 6.04 Å². The topological polar surface area (TPSA) is 38.0 Å². The van der Waals surface area contributed by atoms with E-state index in [2.05, 4.69) is 33.5 Å². The molecule has 1 aliphatic rings. The molecule has 4 heteroatoms. The van der Waals surface area contributed by atoms with Gasteiger partial charge in [-0.3, -0.25) is 5.84 Å². The molecular formula is C15H20BrClN2. The van der Waals surface area contributed by atoms with Crippen LogP contribution in [0, 0.1) is 0 Å². The summed E-state index contributed by atoms with van der Waals surface area (Å²) in [6, 6.07) is 6.10. The summed E-state index contributed by atoms with van der Waals surface area (Å²) in [5.74, 6) is 5.77. The van der Waals surface area contributed by atoms with E-state index >= 15 is 0 Å². The van der Waals surface area contributed by atoms with Crippen LogP contribution in [0.5, 0.6) is 0 Å². The minimum Gasteiger partial charge on any atom is -0.271 e. The molecule has 0 saturated carbocycles. The number of nitrogens with one attached hydrogen (secondary N) is 1. The van der Waals surface area contributed by atoms with Gasteiger partial charge in [-0.1, -0.05) is 42.2 Å². The highest BCUT2D eigenvalue weighted by molar-refractivity contribution is 9.10. The molecule has 0 aliphatic heterocycles. The molecule has 0 radical (unpaired) electrons. The second kappa shape index (κ2) is 7.44. The Balaban J connectivity index is 2.24. The molecule has 1 atom stereocenters. The number of benzene rings is 1. The van der Waals surface area contributed by atoms with Crippen molar-refractivity contribution in [2.75, 3.05) is 0 Å². The highest BCUT2D eigenvalue weighted by Gasteiger charge is 2.16. The number of hydrazine groups is 1. The van der Waals surface area contributed by atoms with Crippen molar-refractivity contribution in [3.63, 3.8) is 0 Å². The second-order valence-corrected chi connectivity index (χ2v) is 6.27. The quantitative estimate of drug-likeness (QED) is 0.466. The van der Waals surface area contributed by atoms with Crippen molar-refractivity contribution in [3.8, 4) is 0 Å². The maximum absolute atomic E-state index is 6.18. The summed E-state index contributed by atoms with van der Waals surface area (Å²) in [4.78, 5) is 0. The zero-order valence-corrected chi connectivity index (χ0v) is 13.3. The lowest BCUT2D eigenvalue weighted by Gasteiger charge is -2.22. The molecule has 2 rings (SSSR count). The molecule has 0 bridgehead atoms. The van der Waals surface area contributed by atoms with E-state index in [4.69, 9.17) is 17.4 Å². The van der Waals surface area contributed by atoms with Gasteiger partial charge in [-0.2, -0.15) is 0 Å². The number of allylic oxidation sites excluding steroid dienone is 1. The molecule has 0 spiro atoms. The predicted octanol–water partition coefficient (Wildman–Crippen LogP) is 4.89. The van der Waals surface area contributed by atoms with Crippen LogP contribution in [0.25, 0.3) is 0 Å². The SMILES string of the molecule is NNC(/C1=C/CCCCCC1)c1ccc(Br)c(Cl)c1. The lowest BCUT2D eigenvalue weighted by Crippen LogP contribution is -2.29. The Bertz CT molecular complexity index is 459. The largest absolute Gasteiger partial charge is 0.271 e. The zero-order chi connectivity index (χ0) is 13.7. The van der Waals surface area contributed by atoms with Crippen molar-refractivity contribution in [3.05, 3.63) is 44.9 Å². The first-order valence-corrected chi connectivity index (χ1v) is 7.99. The van der Waals surface area contributed by atoms with E-state index in [1.165, 1.54) is 31.3 Å². The fraction of sp³-hybridized carbons (Fsp3) is 0.467. The molecule has 3 N–H and O–H groups in total. The Morgan fingerprint density at radius 3 is 2.74 bits per heavy atom. The smallest absolute Gasteiger partial charge is 0.0670 e. The molecule has 19 heavy (non-hydrogen) atoms. The van der Waals surface area contributed by atoms with E-state index in [9.17, 15) is 0 Å². The van der Waals surface area contributed by atoms with Crippen LogP contribution in [-0.2, 0) is 0 Å². The Labute approximate surface area is 128 Å². The van der Waals surface area contributed by atoms with Crippen LogP contribution in [0.15, 0.2) is 34.3 Å². The summed E-state index contributed by atoms with van der Waals surface area (Å²) >= 11 is 9.60. The third kappa shape index (κ3) is 4.06. The van der Waals surface area contributed by atoms with Gasteiger partial charge in [0.25, 0.3) is 0 Å². The summed E-state index contributed by atoms with van der Waals surface area (Å²) in [5.41, 5.74) is 5.46. The summed E-state index contributed by atoms with van der Waals surface area (Å²) < 4.78 is 0.917. The Morgan fingerprint density at radius 1 is 1.21 bits per heavy atom. The first kappa shape index (κ1) is 15.0. The lowest BCUT2D eigenvalue weighted by molar-refractivity contribution is 0.555. The number of nitrogens with two attached hydrogens (primary N) is 1. The van der Waals surface area contributed by atoms with Gasteiger partial charge < -0.3 is 0 Å². The highest BCUT2D eigenvalue weighted by atomic mass is 79.9. The van der Waals surface area contributed by atoms with Crippen LogP contribution in [0.3, 0.4) is 0 Å². The number of hydrogen-bond acceptors (Lipinski definition) is 2. The maximum Gasteiger partial charge on any atom is 0.0670 e. The van der Waals surface area contributed by atoms with E-state index in [0.717, 1.165) is 27.9 Å². The lowest BCUT2D eigenvalue weighted by atomic mass is 9.91. The molecule has 104 valence electrons. The molecule has 1 aromatic carbocycles. The van der Waals surface area contributed by atoms with Gasteiger partial charge in [0.05, 0.1) is 11.1 Å². The van der Waals surface area contributed by atoms with E-state index in [1.807, 2.05) is 12.1 Å².